The van der Waals surface area contributed by atoms with E-state index in [1.54, 1.807) is 14.1 Å². The molecule has 6 N–H and O–H groups in total. The number of likely N-dealkylation sites (N-methyl/N-ethyl adjacent to an activating group) is 2. The average Bonchev–Trinajstić information content (AvgIpc) is 3.22. The van der Waals surface area contributed by atoms with Gasteiger partial charge < -0.3 is 10.6 Å². The van der Waals surface area contributed by atoms with Crippen LogP contribution in [0.2, 0.25) is 0 Å². The molecule has 0 bridgehead atoms. The Kier molecular flexibility index (Phi) is 4.13. The molecule has 10 nitrogen and oxygen atoms in total. The van der Waals surface area contributed by atoms with Gasteiger partial charge in [0, 0.05) is 14.1 Å². The lowest BCUT2D eigenvalue weighted by molar-refractivity contribution is -0.118. The highest BCUT2D eigenvalue weighted by Gasteiger charge is 2.47. The van der Waals surface area contributed by atoms with Crippen molar-refractivity contribution in [3.63, 3.8) is 0 Å². The largest absolute Gasteiger partial charge is 0.354 e. The van der Waals surface area contributed by atoms with E-state index in [1.165, 1.54) is 11.8 Å². The Hall–Kier alpha value is -2.11. The summed E-state index contributed by atoms with van der Waals surface area (Å²) in [6.45, 7) is 0. The molecule has 25 heavy (non-hydrogen) atoms. The fourth-order valence-electron chi connectivity index (χ4n) is 3.69. The van der Waals surface area contributed by atoms with Crippen LogP contribution in [0.15, 0.2) is 21.5 Å². The molecule has 4 aliphatic rings. The fourth-order valence-corrected chi connectivity index (χ4v) is 4.93. The van der Waals surface area contributed by atoms with Crippen LogP contribution in [0.25, 0.3) is 0 Å². The Morgan fingerprint density at radius 3 is 1.76 bits per heavy atom. The summed E-state index contributed by atoms with van der Waals surface area (Å²) < 4.78 is 0. The lowest BCUT2D eigenvalue weighted by atomic mass is 9.89. The third-order valence-electron chi connectivity index (χ3n) is 4.93. The number of rotatable bonds is 2. The van der Waals surface area contributed by atoms with E-state index in [9.17, 15) is 9.59 Å². The van der Waals surface area contributed by atoms with Crippen LogP contribution >= 0.6 is 11.8 Å². The van der Waals surface area contributed by atoms with Crippen LogP contribution in [-0.2, 0) is 9.59 Å². The minimum absolute atomic E-state index is 0.182. The monoisotopic (exact) mass is 366 g/mol. The highest BCUT2D eigenvalue weighted by molar-refractivity contribution is 8.06. The van der Waals surface area contributed by atoms with E-state index < -0.39 is 0 Å². The SMILES string of the molecule is CNC(=O)C1=C2SC3=C(C(=O)NC)NNN3C3CCCCC3N2NN1. The first-order valence-corrected chi connectivity index (χ1v) is 9.19. The summed E-state index contributed by atoms with van der Waals surface area (Å²) in [7, 11) is 3.20. The highest BCUT2D eigenvalue weighted by atomic mass is 32.2. The molecule has 2 unspecified atom stereocenters. The van der Waals surface area contributed by atoms with E-state index in [1.807, 2.05) is 10.0 Å². The van der Waals surface area contributed by atoms with Gasteiger partial charge in [-0.2, -0.15) is 0 Å². The smallest absolute Gasteiger partial charge is 0.271 e. The second-order valence-electron chi connectivity index (χ2n) is 6.25. The van der Waals surface area contributed by atoms with E-state index in [2.05, 4.69) is 32.6 Å². The second kappa shape index (κ2) is 6.32. The van der Waals surface area contributed by atoms with Crippen LogP contribution < -0.4 is 32.6 Å². The van der Waals surface area contributed by atoms with Gasteiger partial charge >= 0.3 is 0 Å². The van der Waals surface area contributed by atoms with Crippen molar-refractivity contribution in [1.29, 1.82) is 0 Å². The zero-order chi connectivity index (χ0) is 17.6. The lowest BCUT2D eigenvalue weighted by Crippen LogP contribution is -2.57. The fraction of sp³-hybridized carbons (Fsp3) is 0.571. The van der Waals surface area contributed by atoms with E-state index in [-0.39, 0.29) is 23.9 Å². The number of nitrogens with zero attached hydrogens (tertiary/aromatic N) is 2. The topological polar surface area (TPSA) is 113 Å². The number of hydrazine groups is 4. The first kappa shape index (κ1) is 16.4. The van der Waals surface area contributed by atoms with Gasteiger partial charge in [-0.3, -0.25) is 30.5 Å². The summed E-state index contributed by atoms with van der Waals surface area (Å²) in [6.07, 6.45) is 4.28. The Morgan fingerprint density at radius 1 is 0.920 bits per heavy atom. The van der Waals surface area contributed by atoms with Crippen molar-refractivity contribution in [3.05, 3.63) is 21.5 Å². The van der Waals surface area contributed by atoms with Crippen molar-refractivity contribution < 1.29 is 9.59 Å². The predicted octanol–water partition coefficient (Wildman–Crippen LogP) is -1.48. The third kappa shape index (κ3) is 2.50. The average molecular weight is 366 g/mol. The Morgan fingerprint density at radius 2 is 1.36 bits per heavy atom. The van der Waals surface area contributed by atoms with Crippen molar-refractivity contribution in [2.24, 2.45) is 0 Å². The van der Waals surface area contributed by atoms with Crippen LogP contribution in [0.3, 0.4) is 0 Å². The predicted molar refractivity (Wildman–Crippen MR) is 92.0 cm³/mol. The molecule has 3 aliphatic heterocycles. The summed E-state index contributed by atoms with van der Waals surface area (Å²) in [4.78, 5) is 24.5. The minimum atomic E-state index is -0.195. The zero-order valence-corrected chi connectivity index (χ0v) is 14.9. The molecule has 1 aliphatic carbocycles. The van der Waals surface area contributed by atoms with Crippen LogP contribution in [-0.4, -0.2) is 48.0 Å². The Labute approximate surface area is 149 Å². The first-order valence-electron chi connectivity index (χ1n) is 8.38. The summed E-state index contributed by atoms with van der Waals surface area (Å²) in [6, 6.07) is 0.364. The van der Waals surface area contributed by atoms with Gasteiger partial charge in [0.2, 0.25) is 0 Å². The maximum absolute atomic E-state index is 12.3. The number of carbonyl (C=O) groups is 2. The summed E-state index contributed by atoms with van der Waals surface area (Å²) in [5.41, 5.74) is 13.2. The van der Waals surface area contributed by atoms with Gasteiger partial charge in [-0.05, 0) is 24.6 Å². The molecule has 0 spiro atoms. The van der Waals surface area contributed by atoms with Gasteiger partial charge in [-0.1, -0.05) is 12.8 Å². The van der Waals surface area contributed by atoms with Crippen LogP contribution in [0.5, 0.6) is 0 Å². The molecule has 0 aromatic carbocycles. The van der Waals surface area contributed by atoms with E-state index >= 15 is 0 Å². The molecule has 11 heteroatoms. The number of thioether (sulfide) groups is 1. The molecular formula is C14H22N8O2S. The third-order valence-corrected chi connectivity index (χ3v) is 6.12. The summed E-state index contributed by atoms with van der Waals surface area (Å²) in [5.74, 6) is -0.390. The van der Waals surface area contributed by atoms with Gasteiger partial charge in [0.05, 0.1) is 12.1 Å². The summed E-state index contributed by atoms with van der Waals surface area (Å²) >= 11 is 1.40. The number of amides is 2. The van der Waals surface area contributed by atoms with Crippen molar-refractivity contribution in [1.82, 2.24) is 42.6 Å². The molecule has 4 rings (SSSR count). The van der Waals surface area contributed by atoms with Crippen molar-refractivity contribution in [2.45, 2.75) is 37.8 Å². The quantitative estimate of drug-likeness (QED) is 0.348. The molecule has 2 atom stereocenters. The Bertz CT molecular complexity index is 622. The van der Waals surface area contributed by atoms with E-state index in [0.717, 1.165) is 35.7 Å². The van der Waals surface area contributed by atoms with Crippen LogP contribution in [0.1, 0.15) is 25.7 Å². The van der Waals surface area contributed by atoms with Crippen molar-refractivity contribution >= 4 is 23.6 Å². The normalized spacial score (nSPS) is 27.8. The molecule has 136 valence electrons. The minimum Gasteiger partial charge on any atom is -0.354 e. The maximum atomic E-state index is 12.3. The molecule has 2 fully saturated rings. The first-order chi connectivity index (χ1) is 12.2. The molecule has 0 aromatic rings. The van der Waals surface area contributed by atoms with E-state index in [0.29, 0.717) is 11.4 Å². The molecule has 1 saturated carbocycles. The van der Waals surface area contributed by atoms with Crippen molar-refractivity contribution in [3.8, 4) is 0 Å². The number of nitrogens with one attached hydrogen (secondary N) is 6. The molecule has 2 amide bonds. The van der Waals surface area contributed by atoms with Crippen LogP contribution in [0, 0.1) is 0 Å². The standard InChI is InChI=1S/C14H22N8O2S/c1-15-11(23)9-13-21(19-17-9)7-5-3-4-6-8(7)22-14(25-13)10(18-20-22)12(24)16-2/h7-8,17-20H,3-6H2,1-2H3,(H,15,23)(H,16,24). The van der Waals surface area contributed by atoms with Gasteiger partial charge in [0.15, 0.2) is 0 Å². The van der Waals surface area contributed by atoms with Gasteiger partial charge in [0.25, 0.3) is 11.8 Å². The van der Waals surface area contributed by atoms with Gasteiger partial charge in [0.1, 0.15) is 21.5 Å². The van der Waals surface area contributed by atoms with Gasteiger partial charge in [-0.25, -0.2) is 0 Å². The van der Waals surface area contributed by atoms with E-state index in [4.69, 9.17) is 0 Å². The lowest BCUT2D eigenvalue weighted by Gasteiger charge is -2.40. The maximum Gasteiger partial charge on any atom is 0.271 e. The highest BCUT2D eigenvalue weighted by Crippen LogP contribution is 2.45. The number of hydrogen-bond donors (Lipinski definition) is 6. The summed E-state index contributed by atoms with van der Waals surface area (Å²) in [5, 5.41) is 10.9. The number of hydrogen-bond acceptors (Lipinski definition) is 9. The Balaban J connectivity index is 1.81. The second-order valence-corrected chi connectivity index (χ2v) is 7.23. The van der Waals surface area contributed by atoms with Crippen molar-refractivity contribution in [2.75, 3.05) is 14.1 Å². The molecule has 0 radical (unpaired) electrons. The molecule has 0 aromatic heterocycles. The van der Waals surface area contributed by atoms with Crippen LogP contribution in [0.4, 0.5) is 0 Å². The zero-order valence-electron chi connectivity index (χ0n) is 14.1. The molecule has 3 heterocycles. The van der Waals surface area contributed by atoms with Gasteiger partial charge in [-0.15, -0.1) is 11.1 Å². The number of carbonyl (C=O) groups excluding carboxylic acids is 2. The number of fused-ring (bicyclic) bond motifs is 5. The molecule has 1 saturated heterocycles. The molecular weight excluding hydrogens is 344 g/mol.